The molecule has 0 spiro atoms. The summed E-state index contributed by atoms with van der Waals surface area (Å²) in [5.74, 6) is -2.32. The number of thioether (sulfide) groups is 1. The number of amides is 1. The molecule has 1 aliphatic carbocycles. The van der Waals surface area contributed by atoms with Gasteiger partial charge in [0.05, 0.1) is 0 Å². The smallest absolute Gasteiger partial charge is 0.394 e. The number of rotatable bonds is 3. The normalized spacial score (nSPS) is 18.4. The van der Waals surface area contributed by atoms with E-state index < -0.39 is 11.9 Å². The first-order chi connectivity index (χ1) is 5.59. The summed E-state index contributed by atoms with van der Waals surface area (Å²) in [5.41, 5.74) is 0. The average Bonchev–Trinajstić information content (AvgIpc) is 2.81. The zero-order chi connectivity index (χ0) is 9.19. The number of carbonyl (C=O) groups is 2. The number of hydrogen-bond donors (Lipinski definition) is 2. The van der Waals surface area contributed by atoms with Gasteiger partial charge < -0.3 is 10.4 Å². The van der Waals surface area contributed by atoms with E-state index in [4.69, 9.17) is 5.11 Å². The molecule has 4 nitrogen and oxygen atoms in total. The number of carbonyl (C=O) groups excluding carboxylic acids is 1. The van der Waals surface area contributed by atoms with Crippen LogP contribution in [0.5, 0.6) is 0 Å². The van der Waals surface area contributed by atoms with Gasteiger partial charge in [0.15, 0.2) is 0 Å². The van der Waals surface area contributed by atoms with Gasteiger partial charge in [0.25, 0.3) is 0 Å². The van der Waals surface area contributed by atoms with Crippen molar-refractivity contribution < 1.29 is 14.7 Å². The zero-order valence-corrected chi connectivity index (χ0v) is 7.61. The third-order valence-electron chi connectivity index (χ3n) is 2.01. The summed E-state index contributed by atoms with van der Waals surface area (Å²) in [5, 5.41) is 10.6. The second-order valence-corrected chi connectivity index (χ2v) is 4.15. The highest BCUT2D eigenvalue weighted by atomic mass is 32.2. The predicted octanol–water partition coefficient (Wildman–Crippen LogP) is 0.0828. The molecule has 12 heavy (non-hydrogen) atoms. The van der Waals surface area contributed by atoms with E-state index in [2.05, 4.69) is 5.32 Å². The molecule has 0 saturated heterocycles. The zero-order valence-electron chi connectivity index (χ0n) is 6.79. The van der Waals surface area contributed by atoms with Crippen LogP contribution < -0.4 is 5.32 Å². The molecule has 1 fully saturated rings. The van der Waals surface area contributed by atoms with E-state index in [1.165, 1.54) is 0 Å². The molecule has 68 valence electrons. The van der Waals surface area contributed by atoms with Crippen LogP contribution in [0.1, 0.15) is 12.8 Å². The highest BCUT2D eigenvalue weighted by Crippen LogP contribution is 2.46. The van der Waals surface area contributed by atoms with Crippen molar-refractivity contribution >= 4 is 23.6 Å². The van der Waals surface area contributed by atoms with Gasteiger partial charge in [0.2, 0.25) is 0 Å². The summed E-state index contributed by atoms with van der Waals surface area (Å²) in [4.78, 5) is 20.7. The SMILES string of the molecule is CSC1(CNC(=O)C(=O)O)CC1. The van der Waals surface area contributed by atoms with Crippen LogP contribution in [0.15, 0.2) is 0 Å². The third kappa shape index (κ3) is 2.14. The first-order valence-corrected chi connectivity index (χ1v) is 4.88. The number of aliphatic carboxylic acids is 1. The fraction of sp³-hybridized carbons (Fsp3) is 0.714. The molecule has 0 aromatic heterocycles. The van der Waals surface area contributed by atoms with E-state index in [9.17, 15) is 9.59 Å². The minimum Gasteiger partial charge on any atom is -0.474 e. The molecule has 0 aromatic rings. The Hall–Kier alpha value is -0.710. The lowest BCUT2D eigenvalue weighted by Crippen LogP contribution is -2.36. The van der Waals surface area contributed by atoms with Crippen molar-refractivity contribution in [1.29, 1.82) is 0 Å². The van der Waals surface area contributed by atoms with Gasteiger partial charge in [-0.25, -0.2) is 4.79 Å². The molecule has 2 N–H and O–H groups in total. The van der Waals surface area contributed by atoms with Gasteiger partial charge in [-0.2, -0.15) is 11.8 Å². The molecule has 0 aliphatic heterocycles. The highest BCUT2D eigenvalue weighted by Gasteiger charge is 2.42. The molecule has 1 rings (SSSR count). The molecular formula is C7H11NO3S. The van der Waals surface area contributed by atoms with Crippen LogP contribution in [-0.4, -0.2) is 34.5 Å². The lowest BCUT2D eigenvalue weighted by Gasteiger charge is -2.10. The van der Waals surface area contributed by atoms with Gasteiger partial charge in [0.1, 0.15) is 0 Å². The van der Waals surface area contributed by atoms with Crippen LogP contribution in [0, 0.1) is 0 Å². The molecule has 1 amide bonds. The Morgan fingerprint density at radius 3 is 2.50 bits per heavy atom. The number of hydrogen-bond acceptors (Lipinski definition) is 3. The minimum absolute atomic E-state index is 0.130. The molecule has 0 radical (unpaired) electrons. The fourth-order valence-electron chi connectivity index (χ4n) is 0.909. The maximum Gasteiger partial charge on any atom is 0.394 e. The molecular weight excluding hydrogens is 178 g/mol. The van der Waals surface area contributed by atoms with Crippen molar-refractivity contribution in [1.82, 2.24) is 5.32 Å². The van der Waals surface area contributed by atoms with Gasteiger partial charge in [-0.3, -0.25) is 4.79 Å². The predicted molar refractivity (Wildman–Crippen MR) is 46.1 cm³/mol. The number of nitrogens with one attached hydrogen (secondary N) is 1. The van der Waals surface area contributed by atoms with Gasteiger partial charge in [-0.1, -0.05) is 0 Å². The second kappa shape index (κ2) is 3.35. The van der Waals surface area contributed by atoms with Gasteiger partial charge in [-0.05, 0) is 19.1 Å². The molecule has 5 heteroatoms. The molecule has 1 aliphatic rings. The average molecular weight is 189 g/mol. The van der Waals surface area contributed by atoms with Crippen LogP contribution in [-0.2, 0) is 9.59 Å². The standard InChI is InChI=1S/C7H11NO3S/c1-12-7(2-3-7)4-8-5(9)6(10)11/h2-4H2,1H3,(H,8,9)(H,10,11). The van der Waals surface area contributed by atoms with Gasteiger partial charge >= 0.3 is 11.9 Å². The van der Waals surface area contributed by atoms with E-state index in [-0.39, 0.29) is 4.75 Å². The summed E-state index contributed by atoms with van der Waals surface area (Å²) < 4.78 is 0.130. The molecule has 0 heterocycles. The summed E-state index contributed by atoms with van der Waals surface area (Å²) in [6, 6.07) is 0. The van der Waals surface area contributed by atoms with Crippen molar-refractivity contribution in [2.45, 2.75) is 17.6 Å². The van der Waals surface area contributed by atoms with Crippen LogP contribution in [0.4, 0.5) is 0 Å². The molecule has 0 bridgehead atoms. The Balaban J connectivity index is 2.26. The first kappa shape index (κ1) is 9.38. The Morgan fingerprint density at radius 1 is 1.58 bits per heavy atom. The Bertz CT molecular complexity index is 213. The van der Waals surface area contributed by atoms with Crippen LogP contribution in [0.25, 0.3) is 0 Å². The van der Waals surface area contributed by atoms with E-state index in [1.807, 2.05) is 6.26 Å². The lowest BCUT2D eigenvalue weighted by atomic mass is 10.4. The molecule has 0 aromatic carbocycles. The van der Waals surface area contributed by atoms with Crippen molar-refractivity contribution in [3.8, 4) is 0 Å². The van der Waals surface area contributed by atoms with Crippen molar-refractivity contribution in [2.24, 2.45) is 0 Å². The van der Waals surface area contributed by atoms with Crippen LogP contribution >= 0.6 is 11.8 Å². The third-order valence-corrected chi connectivity index (χ3v) is 3.42. The van der Waals surface area contributed by atoms with E-state index in [0.717, 1.165) is 12.8 Å². The first-order valence-electron chi connectivity index (χ1n) is 3.66. The second-order valence-electron chi connectivity index (χ2n) is 2.87. The fourth-order valence-corrected chi connectivity index (χ4v) is 1.64. The largest absolute Gasteiger partial charge is 0.474 e. The number of carboxylic acids is 1. The Labute approximate surface area is 74.7 Å². The van der Waals surface area contributed by atoms with Crippen LogP contribution in [0.3, 0.4) is 0 Å². The monoisotopic (exact) mass is 189 g/mol. The van der Waals surface area contributed by atoms with E-state index in [1.54, 1.807) is 11.8 Å². The summed E-state index contributed by atoms with van der Waals surface area (Å²) in [7, 11) is 0. The van der Waals surface area contributed by atoms with Gasteiger partial charge in [-0.15, -0.1) is 0 Å². The Kier molecular flexibility index (Phi) is 2.62. The quantitative estimate of drug-likeness (QED) is 0.617. The highest BCUT2D eigenvalue weighted by molar-refractivity contribution is 8.00. The van der Waals surface area contributed by atoms with Gasteiger partial charge in [0, 0.05) is 11.3 Å². The number of carboxylic acid groups (broad SMARTS) is 1. The van der Waals surface area contributed by atoms with E-state index >= 15 is 0 Å². The van der Waals surface area contributed by atoms with Crippen molar-refractivity contribution in [2.75, 3.05) is 12.8 Å². The summed E-state index contributed by atoms with van der Waals surface area (Å²) in [6.45, 7) is 0.472. The van der Waals surface area contributed by atoms with Crippen LogP contribution in [0.2, 0.25) is 0 Å². The van der Waals surface area contributed by atoms with E-state index in [0.29, 0.717) is 6.54 Å². The maximum absolute atomic E-state index is 10.6. The van der Waals surface area contributed by atoms with Crippen molar-refractivity contribution in [3.05, 3.63) is 0 Å². The minimum atomic E-state index is -1.41. The topological polar surface area (TPSA) is 66.4 Å². The summed E-state index contributed by atoms with van der Waals surface area (Å²) in [6.07, 6.45) is 4.10. The lowest BCUT2D eigenvalue weighted by molar-refractivity contribution is -0.150. The Morgan fingerprint density at radius 2 is 2.17 bits per heavy atom. The molecule has 1 saturated carbocycles. The summed E-state index contributed by atoms with van der Waals surface area (Å²) >= 11 is 1.68. The molecule has 0 atom stereocenters. The molecule has 0 unspecified atom stereocenters. The van der Waals surface area contributed by atoms with Crippen molar-refractivity contribution in [3.63, 3.8) is 0 Å². The maximum atomic E-state index is 10.6.